The molecule has 1 N–H and O–H groups in total. The van der Waals surface area contributed by atoms with Gasteiger partial charge in [0.2, 0.25) is 0 Å². The van der Waals surface area contributed by atoms with Gasteiger partial charge in [0.25, 0.3) is 0 Å². The van der Waals surface area contributed by atoms with Gasteiger partial charge in [0, 0.05) is 23.0 Å². The molecule has 2 aromatic carbocycles. The molecule has 0 unspecified atom stereocenters. The Morgan fingerprint density at radius 3 is 2.53 bits per heavy atom. The van der Waals surface area contributed by atoms with Crippen LogP contribution in [0.3, 0.4) is 0 Å². The average Bonchev–Trinajstić information content (AvgIpc) is 3.46. The van der Waals surface area contributed by atoms with E-state index in [9.17, 15) is 0 Å². The van der Waals surface area contributed by atoms with Gasteiger partial charge in [-0.3, -0.25) is 9.67 Å². The molecule has 30 heavy (non-hydrogen) atoms. The smallest absolute Gasteiger partial charge is 0.156 e. The van der Waals surface area contributed by atoms with Crippen LogP contribution in [0.15, 0.2) is 91.5 Å². The van der Waals surface area contributed by atoms with Crippen LogP contribution in [0, 0.1) is 0 Å². The van der Waals surface area contributed by atoms with E-state index in [1.165, 1.54) is 0 Å². The Hall–Kier alpha value is -3.70. The van der Waals surface area contributed by atoms with Crippen LogP contribution in [-0.4, -0.2) is 24.7 Å². The first-order chi connectivity index (χ1) is 14.8. The summed E-state index contributed by atoms with van der Waals surface area (Å²) in [7, 11) is 0. The summed E-state index contributed by atoms with van der Waals surface area (Å²) in [4.78, 5) is 12.4. The fraction of sp³-hybridized carbons (Fsp3) is 0.0417. The summed E-state index contributed by atoms with van der Waals surface area (Å²) in [6.07, 6.45) is 7.49. The van der Waals surface area contributed by atoms with E-state index in [1.807, 2.05) is 77.9 Å². The number of imidazole rings is 1. The van der Waals surface area contributed by atoms with Gasteiger partial charge in [-0.05, 0) is 34.9 Å². The highest BCUT2D eigenvalue weighted by Gasteiger charge is 2.10. The lowest BCUT2D eigenvalue weighted by Crippen LogP contribution is -2.00. The molecular weight excluding hydrogens is 394 g/mol. The quantitative estimate of drug-likeness (QED) is 0.403. The predicted molar refractivity (Wildman–Crippen MR) is 119 cm³/mol. The maximum absolute atomic E-state index is 6.27. The lowest BCUT2D eigenvalue weighted by molar-refractivity contribution is 0.687. The zero-order valence-electron chi connectivity index (χ0n) is 16.0. The van der Waals surface area contributed by atoms with Gasteiger partial charge in [-0.25, -0.2) is 4.98 Å². The van der Waals surface area contributed by atoms with Gasteiger partial charge in [0.15, 0.2) is 5.82 Å². The molecule has 0 saturated carbocycles. The van der Waals surface area contributed by atoms with Crippen molar-refractivity contribution in [2.75, 3.05) is 0 Å². The van der Waals surface area contributed by atoms with Crippen LogP contribution >= 0.6 is 11.6 Å². The van der Waals surface area contributed by atoms with Crippen LogP contribution < -0.4 is 0 Å². The van der Waals surface area contributed by atoms with Gasteiger partial charge in [-0.2, -0.15) is 5.10 Å². The zero-order valence-corrected chi connectivity index (χ0v) is 16.8. The lowest BCUT2D eigenvalue weighted by Gasteiger charge is -2.04. The van der Waals surface area contributed by atoms with Gasteiger partial charge < -0.3 is 4.98 Å². The molecule has 0 amide bonds. The van der Waals surface area contributed by atoms with Crippen LogP contribution in [0.4, 0.5) is 0 Å². The van der Waals surface area contributed by atoms with Crippen molar-refractivity contribution in [2.24, 2.45) is 0 Å². The molecule has 0 fully saturated rings. The minimum Gasteiger partial charge on any atom is -0.337 e. The molecule has 0 aliphatic heterocycles. The van der Waals surface area contributed by atoms with E-state index in [2.05, 4.69) is 32.2 Å². The summed E-state index contributed by atoms with van der Waals surface area (Å²) in [5.41, 5.74) is 5.92. The molecule has 0 aliphatic rings. The Kier molecular flexibility index (Phi) is 4.87. The highest BCUT2D eigenvalue weighted by molar-refractivity contribution is 6.31. The maximum atomic E-state index is 6.27. The summed E-state index contributed by atoms with van der Waals surface area (Å²) in [6.45, 7) is 0.621. The van der Waals surface area contributed by atoms with Crippen molar-refractivity contribution in [2.45, 2.75) is 6.54 Å². The molecule has 6 heteroatoms. The molecule has 0 atom stereocenters. The second kappa shape index (κ2) is 7.97. The van der Waals surface area contributed by atoms with Crippen molar-refractivity contribution >= 4 is 11.6 Å². The standard InChI is InChI=1S/C24H18ClN5/c25-21-9-5-4-8-19(21)15-30-16-20(13-28-30)18-10-11-26-22(12-18)24-27-14-23(29-24)17-6-2-1-3-7-17/h1-14,16H,15H2,(H,27,29). The highest BCUT2D eigenvalue weighted by Crippen LogP contribution is 2.25. The first-order valence-corrected chi connectivity index (χ1v) is 9.97. The second-order valence-electron chi connectivity index (χ2n) is 6.96. The van der Waals surface area contributed by atoms with Crippen molar-refractivity contribution in [3.8, 4) is 33.9 Å². The number of pyridine rings is 1. The molecule has 0 radical (unpaired) electrons. The van der Waals surface area contributed by atoms with E-state index in [0.29, 0.717) is 6.54 Å². The van der Waals surface area contributed by atoms with Crippen LogP contribution in [0.5, 0.6) is 0 Å². The highest BCUT2D eigenvalue weighted by atomic mass is 35.5. The number of hydrogen-bond donors (Lipinski definition) is 1. The van der Waals surface area contributed by atoms with E-state index < -0.39 is 0 Å². The van der Waals surface area contributed by atoms with Gasteiger partial charge in [0.05, 0.1) is 24.6 Å². The fourth-order valence-electron chi connectivity index (χ4n) is 3.36. The molecule has 0 aliphatic carbocycles. The summed E-state index contributed by atoms with van der Waals surface area (Å²) >= 11 is 6.27. The molecule has 0 saturated heterocycles. The van der Waals surface area contributed by atoms with Crippen LogP contribution in [0.1, 0.15) is 5.56 Å². The summed E-state index contributed by atoms with van der Waals surface area (Å²) < 4.78 is 1.89. The van der Waals surface area contributed by atoms with Crippen molar-refractivity contribution in [3.05, 3.63) is 102 Å². The fourth-order valence-corrected chi connectivity index (χ4v) is 3.55. The number of nitrogens with zero attached hydrogens (tertiary/aromatic N) is 4. The molecule has 0 spiro atoms. The average molecular weight is 412 g/mol. The van der Waals surface area contributed by atoms with Crippen molar-refractivity contribution in [1.29, 1.82) is 0 Å². The SMILES string of the molecule is Clc1ccccc1Cn1cc(-c2ccnc(-c3ncc(-c4ccccc4)[nH]3)c2)cn1. The molecule has 5 nitrogen and oxygen atoms in total. The number of rotatable bonds is 5. The molecule has 3 aromatic heterocycles. The van der Waals surface area contributed by atoms with E-state index in [-0.39, 0.29) is 0 Å². The number of hydrogen-bond acceptors (Lipinski definition) is 3. The lowest BCUT2D eigenvalue weighted by atomic mass is 10.1. The Morgan fingerprint density at radius 2 is 1.67 bits per heavy atom. The molecule has 146 valence electrons. The third-order valence-electron chi connectivity index (χ3n) is 4.92. The van der Waals surface area contributed by atoms with Crippen molar-refractivity contribution < 1.29 is 0 Å². The molecule has 5 rings (SSSR count). The van der Waals surface area contributed by atoms with Crippen LogP contribution in [0.2, 0.25) is 5.02 Å². The van der Waals surface area contributed by atoms with Gasteiger partial charge >= 0.3 is 0 Å². The zero-order chi connectivity index (χ0) is 20.3. The number of H-pyrrole nitrogens is 1. The van der Waals surface area contributed by atoms with Crippen molar-refractivity contribution in [1.82, 2.24) is 24.7 Å². The minimum absolute atomic E-state index is 0.621. The van der Waals surface area contributed by atoms with Crippen LogP contribution in [-0.2, 0) is 6.54 Å². The van der Waals surface area contributed by atoms with E-state index >= 15 is 0 Å². The van der Waals surface area contributed by atoms with E-state index in [1.54, 1.807) is 6.20 Å². The first kappa shape index (κ1) is 18.3. The third-order valence-corrected chi connectivity index (χ3v) is 5.29. The number of aromatic amines is 1. The second-order valence-corrected chi connectivity index (χ2v) is 7.37. The molecular formula is C24H18ClN5. The Bertz CT molecular complexity index is 1290. The van der Waals surface area contributed by atoms with Crippen molar-refractivity contribution in [3.63, 3.8) is 0 Å². The first-order valence-electron chi connectivity index (χ1n) is 9.59. The van der Waals surface area contributed by atoms with E-state index in [0.717, 1.165) is 44.5 Å². The normalized spacial score (nSPS) is 11.0. The van der Waals surface area contributed by atoms with Gasteiger partial charge in [0.1, 0.15) is 5.69 Å². The third kappa shape index (κ3) is 3.75. The Morgan fingerprint density at radius 1 is 0.833 bits per heavy atom. The van der Waals surface area contributed by atoms with E-state index in [4.69, 9.17) is 11.6 Å². The molecule has 0 bridgehead atoms. The van der Waals surface area contributed by atoms with Crippen LogP contribution in [0.25, 0.3) is 33.9 Å². The topological polar surface area (TPSA) is 59.4 Å². The summed E-state index contributed by atoms with van der Waals surface area (Å²) in [5, 5.41) is 5.23. The molecule has 3 heterocycles. The number of benzene rings is 2. The summed E-state index contributed by atoms with van der Waals surface area (Å²) in [6, 6.07) is 21.9. The number of aromatic nitrogens is 5. The molecule has 5 aromatic rings. The van der Waals surface area contributed by atoms with Gasteiger partial charge in [-0.1, -0.05) is 60.1 Å². The largest absolute Gasteiger partial charge is 0.337 e. The maximum Gasteiger partial charge on any atom is 0.156 e. The predicted octanol–water partition coefficient (Wildman–Crippen LogP) is 5.70. The summed E-state index contributed by atoms with van der Waals surface area (Å²) in [5.74, 6) is 0.735. The Balaban J connectivity index is 1.40. The van der Waals surface area contributed by atoms with Gasteiger partial charge in [-0.15, -0.1) is 0 Å². The number of nitrogens with one attached hydrogen (secondary N) is 1. The Labute approximate surface area is 179 Å². The number of halogens is 1. The monoisotopic (exact) mass is 411 g/mol. The minimum atomic E-state index is 0.621.